The Hall–Kier alpha value is -2.89. The van der Waals surface area contributed by atoms with Crippen LogP contribution in [0, 0.1) is 23.2 Å². The van der Waals surface area contributed by atoms with Gasteiger partial charge in [-0.3, -0.25) is 9.59 Å². The minimum atomic E-state index is -0.0285. The van der Waals surface area contributed by atoms with Gasteiger partial charge in [0, 0.05) is 53.9 Å². The van der Waals surface area contributed by atoms with Gasteiger partial charge in [0.2, 0.25) is 5.91 Å². The molecule has 4 aliphatic rings. The van der Waals surface area contributed by atoms with Crippen LogP contribution in [0.25, 0.3) is 10.8 Å². The minimum Gasteiger partial charge on any atom is -0.348 e. The van der Waals surface area contributed by atoms with E-state index in [0.29, 0.717) is 24.8 Å². The summed E-state index contributed by atoms with van der Waals surface area (Å²) in [4.78, 5) is 33.3. The summed E-state index contributed by atoms with van der Waals surface area (Å²) in [5, 5.41) is 4.62. The van der Waals surface area contributed by atoms with Crippen LogP contribution in [0.2, 0.25) is 0 Å². The molecule has 2 heterocycles. The van der Waals surface area contributed by atoms with Crippen LogP contribution in [0.15, 0.2) is 47.8 Å². The van der Waals surface area contributed by atoms with E-state index in [9.17, 15) is 9.59 Å². The summed E-state index contributed by atoms with van der Waals surface area (Å²) in [6, 6.07) is 7.57. The van der Waals surface area contributed by atoms with E-state index in [2.05, 4.69) is 15.3 Å². The van der Waals surface area contributed by atoms with Gasteiger partial charge in [-0.05, 0) is 79.9 Å². The Kier molecular flexibility index (Phi) is 4.70. The van der Waals surface area contributed by atoms with Crippen molar-refractivity contribution in [3.63, 3.8) is 0 Å². The van der Waals surface area contributed by atoms with Crippen LogP contribution in [-0.4, -0.2) is 20.4 Å². The van der Waals surface area contributed by atoms with Gasteiger partial charge in [0.05, 0.1) is 6.33 Å². The molecule has 0 radical (unpaired) electrons. The number of hydrogen-bond donors (Lipinski definition) is 2. The monoisotopic (exact) mass is 430 g/mol. The van der Waals surface area contributed by atoms with Crippen molar-refractivity contribution in [2.75, 3.05) is 5.32 Å². The zero-order valence-corrected chi connectivity index (χ0v) is 18.3. The van der Waals surface area contributed by atoms with Gasteiger partial charge in [0.1, 0.15) is 0 Å². The molecule has 3 aromatic rings. The standard InChI is InChI=1S/C26H30N4O2/c31-24(14-26-11-17-8-18(12-26)10-19(9-17)13-26)29-23-3-1-2-22-21(23)5-7-30(25(22)32)6-4-20-15-27-16-28-20/h1-3,5,7,15-19H,4,6,8-14H2,(H,27,28)(H,29,31). The Balaban J connectivity index is 1.20. The summed E-state index contributed by atoms with van der Waals surface area (Å²) in [6.07, 6.45) is 14.4. The van der Waals surface area contributed by atoms with E-state index in [1.807, 2.05) is 30.5 Å². The van der Waals surface area contributed by atoms with Crippen molar-refractivity contribution in [1.29, 1.82) is 0 Å². The third-order valence-corrected chi connectivity index (χ3v) is 8.17. The van der Waals surface area contributed by atoms with E-state index in [1.165, 1.54) is 38.5 Å². The van der Waals surface area contributed by atoms with Crippen LogP contribution in [0.3, 0.4) is 0 Å². The summed E-state index contributed by atoms with van der Waals surface area (Å²) in [5.74, 6) is 2.62. The lowest BCUT2D eigenvalue weighted by atomic mass is 9.49. The zero-order chi connectivity index (χ0) is 21.7. The van der Waals surface area contributed by atoms with Crippen molar-refractivity contribution in [2.24, 2.45) is 23.2 Å². The van der Waals surface area contributed by atoms with Crippen molar-refractivity contribution in [1.82, 2.24) is 14.5 Å². The van der Waals surface area contributed by atoms with Crippen molar-refractivity contribution < 1.29 is 4.79 Å². The lowest BCUT2D eigenvalue weighted by molar-refractivity contribution is -0.124. The number of nitrogens with one attached hydrogen (secondary N) is 2. The maximum atomic E-state index is 13.1. The Labute approximate surface area is 187 Å². The normalized spacial score (nSPS) is 28.3. The molecular formula is C26H30N4O2. The van der Waals surface area contributed by atoms with Crippen LogP contribution in [-0.2, 0) is 17.8 Å². The molecule has 1 amide bonds. The number of hydrogen-bond acceptors (Lipinski definition) is 3. The average Bonchev–Trinajstić information content (AvgIpc) is 3.26. The first-order valence-corrected chi connectivity index (χ1v) is 12.0. The number of fused-ring (bicyclic) bond motifs is 1. The van der Waals surface area contributed by atoms with Gasteiger partial charge in [0.15, 0.2) is 0 Å². The predicted molar refractivity (Wildman–Crippen MR) is 124 cm³/mol. The van der Waals surface area contributed by atoms with Gasteiger partial charge in [-0.25, -0.2) is 4.98 Å². The summed E-state index contributed by atoms with van der Waals surface area (Å²) in [5.41, 5.74) is 1.93. The molecule has 166 valence electrons. The van der Waals surface area contributed by atoms with Gasteiger partial charge < -0.3 is 14.9 Å². The number of aromatic nitrogens is 3. The molecule has 2 aromatic heterocycles. The molecule has 4 bridgehead atoms. The van der Waals surface area contributed by atoms with E-state index in [0.717, 1.165) is 34.5 Å². The maximum absolute atomic E-state index is 13.1. The van der Waals surface area contributed by atoms with Gasteiger partial charge in [0.25, 0.3) is 5.56 Å². The molecule has 2 N–H and O–H groups in total. The number of anilines is 1. The van der Waals surface area contributed by atoms with E-state index in [-0.39, 0.29) is 16.9 Å². The van der Waals surface area contributed by atoms with Crippen LogP contribution >= 0.6 is 0 Å². The first kappa shape index (κ1) is 19.8. The molecule has 0 saturated heterocycles. The number of nitrogens with zero attached hydrogens (tertiary/aromatic N) is 2. The van der Waals surface area contributed by atoms with Crippen molar-refractivity contribution in [3.8, 4) is 0 Å². The van der Waals surface area contributed by atoms with Crippen molar-refractivity contribution in [2.45, 2.75) is 57.9 Å². The predicted octanol–water partition coefficient (Wildman–Crippen LogP) is 4.51. The number of imidazole rings is 1. The molecule has 1 aromatic carbocycles. The summed E-state index contributed by atoms with van der Waals surface area (Å²) in [7, 11) is 0. The SMILES string of the molecule is O=C(CC12CC3CC(CC(C3)C1)C2)Nc1cccc2c(=O)n(CCc3cnc[nH]3)ccc12. The molecule has 6 nitrogen and oxygen atoms in total. The van der Waals surface area contributed by atoms with E-state index in [4.69, 9.17) is 0 Å². The molecule has 6 heteroatoms. The minimum absolute atomic E-state index is 0.0285. The fourth-order valence-electron chi connectivity index (χ4n) is 7.31. The first-order chi connectivity index (χ1) is 15.6. The van der Waals surface area contributed by atoms with Crippen LogP contribution in [0.4, 0.5) is 5.69 Å². The molecular weight excluding hydrogens is 400 g/mol. The maximum Gasteiger partial charge on any atom is 0.258 e. The highest BCUT2D eigenvalue weighted by Gasteiger charge is 2.51. The third-order valence-electron chi connectivity index (χ3n) is 8.17. The van der Waals surface area contributed by atoms with Crippen LogP contribution in [0.5, 0.6) is 0 Å². The van der Waals surface area contributed by atoms with Gasteiger partial charge in [-0.2, -0.15) is 0 Å². The molecule has 0 atom stereocenters. The average molecular weight is 431 g/mol. The summed E-state index contributed by atoms with van der Waals surface area (Å²) < 4.78 is 1.73. The summed E-state index contributed by atoms with van der Waals surface area (Å²) >= 11 is 0. The lowest BCUT2D eigenvalue weighted by Gasteiger charge is -2.56. The molecule has 0 unspecified atom stereocenters. The highest BCUT2D eigenvalue weighted by atomic mass is 16.1. The van der Waals surface area contributed by atoms with Crippen LogP contribution in [0.1, 0.15) is 50.6 Å². The fourth-order valence-corrected chi connectivity index (χ4v) is 7.31. The Bertz CT molecular complexity index is 1180. The van der Waals surface area contributed by atoms with Crippen molar-refractivity contribution >= 4 is 22.4 Å². The second-order valence-electron chi connectivity index (χ2n) is 10.6. The molecule has 32 heavy (non-hydrogen) atoms. The quantitative estimate of drug-likeness (QED) is 0.604. The van der Waals surface area contributed by atoms with Gasteiger partial charge in [-0.1, -0.05) is 6.07 Å². The van der Waals surface area contributed by atoms with E-state index >= 15 is 0 Å². The Morgan fingerprint density at radius 1 is 1.09 bits per heavy atom. The largest absolute Gasteiger partial charge is 0.348 e. The number of aryl methyl sites for hydroxylation is 2. The van der Waals surface area contributed by atoms with E-state index < -0.39 is 0 Å². The Morgan fingerprint density at radius 3 is 2.53 bits per heavy atom. The van der Waals surface area contributed by atoms with Crippen LogP contribution < -0.4 is 10.9 Å². The molecule has 4 saturated carbocycles. The van der Waals surface area contributed by atoms with Gasteiger partial charge in [-0.15, -0.1) is 0 Å². The number of aromatic amines is 1. The molecule has 0 spiro atoms. The van der Waals surface area contributed by atoms with Crippen molar-refractivity contribution in [3.05, 3.63) is 59.0 Å². The lowest BCUT2D eigenvalue weighted by Crippen LogP contribution is -2.47. The van der Waals surface area contributed by atoms with E-state index in [1.54, 1.807) is 17.1 Å². The summed E-state index contributed by atoms with van der Waals surface area (Å²) in [6.45, 7) is 0.583. The number of carbonyl (C=O) groups excluding carboxylic acids is 1. The number of carbonyl (C=O) groups is 1. The second kappa shape index (κ2) is 7.61. The highest BCUT2D eigenvalue weighted by Crippen LogP contribution is 2.61. The molecule has 7 rings (SSSR count). The topological polar surface area (TPSA) is 79.8 Å². The number of rotatable bonds is 6. The number of H-pyrrole nitrogens is 1. The molecule has 4 fully saturated rings. The fraction of sp³-hybridized carbons (Fsp3) is 0.500. The first-order valence-electron chi connectivity index (χ1n) is 12.0. The Morgan fingerprint density at radius 2 is 1.84 bits per heavy atom. The van der Waals surface area contributed by atoms with Gasteiger partial charge >= 0.3 is 0 Å². The molecule has 0 aliphatic heterocycles. The number of amides is 1. The zero-order valence-electron chi connectivity index (χ0n) is 18.3. The second-order valence-corrected chi connectivity index (χ2v) is 10.6. The smallest absolute Gasteiger partial charge is 0.258 e. The number of pyridine rings is 1. The molecule has 4 aliphatic carbocycles. The number of benzene rings is 1. The third kappa shape index (κ3) is 3.55. The highest BCUT2D eigenvalue weighted by molar-refractivity contribution is 6.02.